The van der Waals surface area contributed by atoms with Gasteiger partial charge in [0.25, 0.3) is 0 Å². The molecule has 1 fully saturated rings. The first-order valence-electron chi connectivity index (χ1n) is 8.00. The van der Waals surface area contributed by atoms with E-state index in [2.05, 4.69) is 25.5 Å². The Kier molecular flexibility index (Phi) is 5.15. The molecule has 0 aliphatic carbocycles. The monoisotopic (exact) mass is 345 g/mol. The van der Waals surface area contributed by atoms with Gasteiger partial charge in [-0.3, -0.25) is 0 Å². The fraction of sp³-hybridized carbons (Fsp3) is 0.353. The van der Waals surface area contributed by atoms with E-state index < -0.39 is 0 Å². The highest BCUT2D eigenvalue weighted by Gasteiger charge is 2.15. The van der Waals surface area contributed by atoms with Gasteiger partial charge in [0.2, 0.25) is 0 Å². The second kappa shape index (κ2) is 7.49. The Morgan fingerprint density at radius 3 is 2.79 bits per heavy atom. The number of carbonyl (C=O) groups excluding carboxylic acids is 1. The quantitative estimate of drug-likeness (QED) is 0.891. The number of hydrogen-bond donors (Lipinski definition) is 2. The standard InChI is InChI=1S/C17H20ClN5O/c1-12-9-16(23-7-2-3-8-23)22-15(20-12)11-19-17(24)21-14-6-4-5-13(18)10-14/h4-6,9-10H,2-3,7-8,11H2,1H3,(H2,19,21,24). The molecule has 2 heterocycles. The van der Waals surface area contributed by atoms with Crippen molar-refractivity contribution in [1.82, 2.24) is 15.3 Å². The molecule has 7 heteroatoms. The van der Waals surface area contributed by atoms with Crippen LogP contribution < -0.4 is 15.5 Å². The molecule has 6 nitrogen and oxygen atoms in total. The molecule has 0 unspecified atom stereocenters. The van der Waals surface area contributed by atoms with Crippen molar-refractivity contribution in [3.8, 4) is 0 Å². The summed E-state index contributed by atoms with van der Waals surface area (Å²) in [5.74, 6) is 1.55. The van der Waals surface area contributed by atoms with Gasteiger partial charge in [-0.05, 0) is 38.0 Å². The van der Waals surface area contributed by atoms with Crippen LogP contribution in [-0.2, 0) is 6.54 Å². The molecule has 3 rings (SSSR count). The van der Waals surface area contributed by atoms with Gasteiger partial charge in [-0.2, -0.15) is 0 Å². The average Bonchev–Trinajstić information content (AvgIpc) is 3.07. The third kappa shape index (κ3) is 4.35. The predicted molar refractivity (Wildman–Crippen MR) is 95.5 cm³/mol. The molecule has 0 radical (unpaired) electrons. The zero-order valence-electron chi connectivity index (χ0n) is 13.6. The van der Waals surface area contributed by atoms with Crippen molar-refractivity contribution in [2.24, 2.45) is 0 Å². The van der Waals surface area contributed by atoms with E-state index in [4.69, 9.17) is 11.6 Å². The Bertz CT molecular complexity index is 731. The van der Waals surface area contributed by atoms with Gasteiger partial charge in [0, 0.05) is 35.6 Å². The summed E-state index contributed by atoms with van der Waals surface area (Å²) in [6.45, 7) is 4.27. The molecule has 2 N–H and O–H groups in total. The largest absolute Gasteiger partial charge is 0.357 e. The maximum Gasteiger partial charge on any atom is 0.319 e. The lowest BCUT2D eigenvalue weighted by Crippen LogP contribution is -2.29. The number of benzene rings is 1. The van der Waals surface area contributed by atoms with Crippen LogP contribution in [0.25, 0.3) is 0 Å². The molecular weight excluding hydrogens is 326 g/mol. The van der Waals surface area contributed by atoms with Gasteiger partial charge in [-0.15, -0.1) is 0 Å². The molecule has 0 spiro atoms. The van der Waals surface area contributed by atoms with Crippen LogP contribution in [0.1, 0.15) is 24.4 Å². The predicted octanol–water partition coefficient (Wildman–Crippen LogP) is 3.36. The number of aromatic nitrogens is 2. The van der Waals surface area contributed by atoms with Crippen LogP contribution in [0.4, 0.5) is 16.3 Å². The normalized spacial score (nSPS) is 13.8. The van der Waals surface area contributed by atoms with Gasteiger partial charge in [-0.1, -0.05) is 17.7 Å². The van der Waals surface area contributed by atoms with Crippen molar-refractivity contribution in [2.75, 3.05) is 23.3 Å². The van der Waals surface area contributed by atoms with Crippen LogP contribution in [0.2, 0.25) is 5.02 Å². The van der Waals surface area contributed by atoms with Gasteiger partial charge in [0.1, 0.15) is 11.6 Å². The average molecular weight is 346 g/mol. The Balaban J connectivity index is 1.60. The lowest BCUT2D eigenvalue weighted by Gasteiger charge is -2.17. The number of carbonyl (C=O) groups is 1. The first kappa shape index (κ1) is 16.5. The fourth-order valence-corrected chi connectivity index (χ4v) is 2.89. The molecule has 126 valence electrons. The minimum atomic E-state index is -0.315. The Morgan fingerprint density at radius 2 is 2.04 bits per heavy atom. The maximum absolute atomic E-state index is 12.0. The molecule has 1 aliphatic rings. The summed E-state index contributed by atoms with van der Waals surface area (Å²) in [4.78, 5) is 23.2. The van der Waals surface area contributed by atoms with E-state index in [1.165, 1.54) is 12.8 Å². The topological polar surface area (TPSA) is 70.2 Å². The van der Waals surface area contributed by atoms with Gasteiger partial charge < -0.3 is 15.5 Å². The molecule has 1 saturated heterocycles. The number of nitrogens with zero attached hydrogens (tertiary/aromatic N) is 3. The third-order valence-electron chi connectivity index (χ3n) is 3.81. The summed E-state index contributed by atoms with van der Waals surface area (Å²) in [6.07, 6.45) is 2.39. The number of urea groups is 1. The molecule has 0 saturated carbocycles. The molecule has 1 aromatic carbocycles. The molecule has 0 bridgehead atoms. The second-order valence-electron chi connectivity index (χ2n) is 5.80. The summed E-state index contributed by atoms with van der Waals surface area (Å²) < 4.78 is 0. The van der Waals surface area contributed by atoms with Crippen LogP contribution in [0.3, 0.4) is 0 Å². The minimum absolute atomic E-state index is 0.273. The highest BCUT2D eigenvalue weighted by atomic mass is 35.5. The molecular formula is C17H20ClN5O. The van der Waals surface area contributed by atoms with E-state index >= 15 is 0 Å². The summed E-state index contributed by atoms with van der Waals surface area (Å²) in [6, 6.07) is 8.68. The van der Waals surface area contributed by atoms with Crippen LogP contribution in [0.5, 0.6) is 0 Å². The fourth-order valence-electron chi connectivity index (χ4n) is 2.70. The molecule has 1 aliphatic heterocycles. The van der Waals surface area contributed by atoms with Crippen molar-refractivity contribution >= 4 is 29.1 Å². The highest BCUT2D eigenvalue weighted by molar-refractivity contribution is 6.30. The van der Waals surface area contributed by atoms with Crippen molar-refractivity contribution in [2.45, 2.75) is 26.3 Å². The van der Waals surface area contributed by atoms with Crippen LogP contribution >= 0.6 is 11.6 Å². The van der Waals surface area contributed by atoms with E-state index in [0.717, 1.165) is 24.6 Å². The maximum atomic E-state index is 12.0. The van der Waals surface area contributed by atoms with E-state index in [0.29, 0.717) is 16.5 Å². The molecule has 2 amide bonds. The first-order chi connectivity index (χ1) is 11.6. The van der Waals surface area contributed by atoms with Crippen LogP contribution in [-0.4, -0.2) is 29.1 Å². The molecule has 24 heavy (non-hydrogen) atoms. The van der Waals surface area contributed by atoms with E-state index in [9.17, 15) is 4.79 Å². The Labute approximate surface area is 146 Å². The van der Waals surface area contributed by atoms with E-state index in [1.54, 1.807) is 24.3 Å². The summed E-state index contributed by atoms with van der Waals surface area (Å²) in [5, 5.41) is 6.09. The van der Waals surface area contributed by atoms with Crippen molar-refractivity contribution < 1.29 is 4.79 Å². The zero-order chi connectivity index (χ0) is 16.9. The smallest absolute Gasteiger partial charge is 0.319 e. The lowest BCUT2D eigenvalue weighted by molar-refractivity contribution is 0.251. The van der Waals surface area contributed by atoms with Crippen molar-refractivity contribution in [1.29, 1.82) is 0 Å². The number of rotatable bonds is 4. The molecule has 1 aromatic heterocycles. The number of anilines is 2. The number of amides is 2. The Morgan fingerprint density at radius 1 is 1.25 bits per heavy atom. The van der Waals surface area contributed by atoms with Gasteiger partial charge in [0.15, 0.2) is 0 Å². The summed E-state index contributed by atoms with van der Waals surface area (Å²) in [5.41, 5.74) is 1.54. The van der Waals surface area contributed by atoms with E-state index in [1.807, 2.05) is 13.0 Å². The zero-order valence-corrected chi connectivity index (χ0v) is 14.3. The van der Waals surface area contributed by atoms with Gasteiger partial charge in [-0.25, -0.2) is 14.8 Å². The molecule has 2 aromatic rings. The van der Waals surface area contributed by atoms with E-state index in [-0.39, 0.29) is 12.6 Å². The van der Waals surface area contributed by atoms with Crippen molar-refractivity contribution in [3.63, 3.8) is 0 Å². The van der Waals surface area contributed by atoms with Gasteiger partial charge >= 0.3 is 6.03 Å². The summed E-state index contributed by atoms with van der Waals surface area (Å²) in [7, 11) is 0. The highest BCUT2D eigenvalue weighted by Crippen LogP contribution is 2.18. The SMILES string of the molecule is Cc1cc(N2CCCC2)nc(CNC(=O)Nc2cccc(Cl)c2)n1. The third-order valence-corrected chi connectivity index (χ3v) is 4.04. The first-order valence-corrected chi connectivity index (χ1v) is 8.38. The second-order valence-corrected chi connectivity index (χ2v) is 6.23. The van der Waals surface area contributed by atoms with Crippen LogP contribution in [0.15, 0.2) is 30.3 Å². The van der Waals surface area contributed by atoms with Crippen molar-refractivity contribution in [3.05, 3.63) is 46.9 Å². The lowest BCUT2D eigenvalue weighted by atomic mass is 10.3. The molecule has 0 atom stereocenters. The minimum Gasteiger partial charge on any atom is -0.357 e. The van der Waals surface area contributed by atoms with Crippen LogP contribution in [0, 0.1) is 6.92 Å². The number of aryl methyl sites for hydroxylation is 1. The summed E-state index contributed by atoms with van der Waals surface area (Å²) >= 11 is 5.90. The Hall–Kier alpha value is -2.34. The number of halogens is 1. The number of hydrogen-bond acceptors (Lipinski definition) is 4. The number of nitrogens with one attached hydrogen (secondary N) is 2. The van der Waals surface area contributed by atoms with Gasteiger partial charge in [0.05, 0.1) is 6.54 Å².